The monoisotopic (exact) mass is 422 g/mol. The van der Waals surface area contributed by atoms with Crippen molar-refractivity contribution < 1.29 is 4.79 Å². The highest BCUT2D eigenvalue weighted by Gasteiger charge is 2.25. The van der Waals surface area contributed by atoms with E-state index in [1.54, 1.807) is 24.4 Å². The number of carbonyl (C=O) groups is 1. The second-order valence-electron chi connectivity index (χ2n) is 6.73. The molecular weight excluding hydrogens is 399 g/mol. The fourth-order valence-corrected chi connectivity index (χ4v) is 3.86. The number of anilines is 1. The van der Waals surface area contributed by atoms with Crippen LogP contribution in [-0.2, 0) is 4.79 Å². The fraction of sp³-hybridized carbons (Fsp3) is 0.368. The first kappa shape index (κ1) is 20.4. The molecule has 28 heavy (non-hydrogen) atoms. The van der Waals surface area contributed by atoms with Gasteiger partial charge in [0.25, 0.3) is 0 Å². The number of likely N-dealkylation sites (tertiary alicyclic amines) is 1. The quantitative estimate of drug-likeness (QED) is 0.485. The maximum Gasteiger partial charge on any atom is 0.241 e. The van der Waals surface area contributed by atoms with Gasteiger partial charge in [0.2, 0.25) is 5.91 Å². The van der Waals surface area contributed by atoms with Gasteiger partial charge in [-0.2, -0.15) is 0 Å². The number of rotatable bonds is 6. The third-order valence-corrected chi connectivity index (χ3v) is 5.13. The average Bonchev–Trinajstić information content (AvgIpc) is 3.09. The van der Waals surface area contributed by atoms with Gasteiger partial charge in [0, 0.05) is 48.1 Å². The first-order valence-corrected chi connectivity index (χ1v) is 9.90. The van der Waals surface area contributed by atoms with Crippen LogP contribution in [0.1, 0.15) is 12.8 Å². The van der Waals surface area contributed by atoms with Gasteiger partial charge >= 0.3 is 0 Å². The molecule has 0 radical (unpaired) electrons. The number of hydrogen-bond donors (Lipinski definition) is 5. The maximum absolute atomic E-state index is 12.6. The highest BCUT2D eigenvalue weighted by atomic mass is 35.5. The fourth-order valence-electron chi connectivity index (χ4n) is 3.33. The summed E-state index contributed by atoms with van der Waals surface area (Å²) in [5, 5.41) is 21.5. The third-order valence-electron chi connectivity index (χ3n) is 4.70. The summed E-state index contributed by atoms with van der Waals surface area (Å²) >= 11 is 12.0. The Morgan fingerprint density at radius 2 is 2.07 bits per heavy atom. The Morgan fingerprint density at radius 3 is 2.71 bits per heavy atom. The zero-order chi connectivity index (χ0) is 20.1. The molecule has 0 spiro atoms. The topological polar surface area (TPSA) is 92.3 Å². The predicted molar refractivity (Wildman–Crippen MR) is 114 cm³/mol. The molecule has 1 amide bonds. The van der Waals surface area contributed by atoms with Gasteiger partial charge in [0.15, 0.2) is 0 Å². The van der Waals surface area contributed by atoms with Crippen LogP contribution in [0.3, 0.4) is 0 Å². The van der Waals surface area contributed by atoms with E-state index in [0.29, 0.717) is 22.4 Å². The summed E-state index contributed by atoms with van der Waals surface area (Å²) in [6, 6.07) is 5.25. The van der Waals surface area contributed by atoms with Crippen LogP contribution in [0, 0.1) is 5.41 Å². The molecular formula is C19H24Cl2N6O. The van der Waals surface area contributed by atoms with E-state index in [-0.39, 0.29) is 18.5 Å². The molecule has 5 N–H and O–H groups in total. The van der Waals surface area contributed by atoms with Crippen LogP contribution in [0.2, 0.25) is 10.0 Å². The van der Waals surface area contributed by atoms with Gasteiger partial charge in [0.1, 0.15) is 11.7 Å². The lowest BCUT2D eigenvalue weighted by Crippen LogP contribution is -2.50. The molecule has 1 saturated heterocycles. The Kier molecular flexibility index (Phi) is 6.70. The van der Waals surface area contributed by atoms with E-state index >= 15 is 0 Å². The van der Waals surface area contributed by atoms with Gasteiger partial charge < -0.3 is 26.2 Å². The van der Waals surface area contributed by atoms with Gasteiger partial charge in [0.05, 0.1) is 12.1 Å². The van der Waals surface area contributed by atoms with Crippen molar-refractivity contribution in [1.82, 2.24) is 20.9 Å². The molecule has 0 aliphatic carbocycles. The van der Waals surface area contributed by atoms with Gasteiger partial charge in [-0.3, -0.25) is 10.2 Å². The SMILES string of the molecule is CN/C(N[C@@H]1CCCN(C(=O)CNc2cc(Cl)cc(Cl)c2)C1)=C1/C=CNC1=N. The number of benzene rings is 1. The number of halogens is 2. The minimum absolute atomic E-state index is 0.0245. The number of nitrogens with zero attached hydrogens (tertiary/aromatic N) is 1. The lowest BCUT2D eigenvalue weighted by molar-refractivity contribution is -0.130. The number of amides is 1. The van der Waals surface area contributed by atoms with E-state index in [2.05, 4.69) is 21.3 Å². The molecule has 150 valence electrons. The van der Waals surface area contributed by atoms with Crippen LogP contribution in [0.5, 0.6) is 0 Å². The third kappa shape index (κ3) is 5.11. The summed E-state index contributed by atoms with van der Waals surface area (Å²) in [4.78, 5) is 14.5. The second kappa shape index (κ2) is 9.21. The van der Waals surface area contributed by atoms with Crippen molar-refractivity contribution in [2.24, 2.45) is 0 Å². The number of carbonyl (C=O) groups excluding carboxylic acids is 1. The smallest absolute Gasteiger partial charge is 0.241 e. The van der Waals surface area contributed by atoms with Crippen molar-refractivity contribution in [3.8, 4) is 0 Å². The van der Waals surface area contributed by atoms with Crippen molar-refractivity contribution in [3.05, 3.63) is 51.9 Å². The van der Waals surface area contributed by atoms with Crippen LogP contribution >= 0.6 is 23.2 Å². The lowest BCUT2D eigenvalue weighted by atomic mass is 10.1. The van der Waals surface area contributed by atoms with Gasteiger partial charge in [-0.05, 0) is 37.1 Å². The Morgan fingerprint density at radius 1 is 1.32 bits per heavy atom. The molecule has 7 nitrogen and oxygen atoms in total. The van der Waals surface area contributed by atoms with Crippen molar-refractivity contribution in [2.45, 2.75) is 18.9 Å². The molecule has 0 aromatic heterocycles. The first-order valence-electron chi connectivity index (χ1n) is 9.14. The number of amidine groups is 1. The number of hydrogen-bond acceptors (Lipinski definition) is 5. The van der Waals surface area contributed by atoms with Crippen LogP contribution in [-0.4, -0.2) is 49.4 Å². The molecule has 1 fully saturated rings. The first-order chi connectivity index (χ1) is 13.5. The summed E-state index contributed by atoms with van der Waals surface area (Å²) in [7, 11) is 1.82. The maximum atomic E-state index is 12.6. The number of nitrogens with one attached hydrogen (secondary N) is 5. The standard InChI is InChI=1S/C19H24Cl2N6O/c1-23-19(16-4-5-24-18(16)22)26-14-3-2-6-27(11-14)17(28)10-25-15-8-12(20)7-13(21)9-15/h4-5,7-9,14,23,25-26H,2-3,6,10-11H2,1H3,(H2,22,24)/b19-16+/t14-/m1/s1. The average molecular weight is 423 g/mol. The van der Waals surface area contributed by atoms with Crippen molar-refractivity contribution in [1.29, 1.82) is 5.41 Å². The normalized spacial score (nSPS) is 20.6. The Hall–Kier alpha value is -2.38. The molecule has 9 heteroatoms. The largest absolute Gasteiger partial charge is 0.376 e. The van der Waals surface area contributed by atoms with E-state index in [1.807, 2.05) is 18.0 Å². The van der Waals surface area contributed by atoms with Crippen molar-refractivity contribution in [3.63, 3.8) is 0 Å². The van der Waals surface area contributed by atoms with Crippen LogP contribution in [0.25, 0.3) is 0 Å². The van der Waals surface area contributed by atoms with Crippen LogP contribution in [0.4, 0.5) is 5.69 Å². The summed E-state index contributed by atoms with van der Waals surface area (Å²) in [6.07, 6.45) is 5.47. The Balaban J connectivity index is 1.57. The van der Waals surface area contributed by atoms with Gasteiger partial charge in [-0.15, -0.1) is 0 Å². The molecule has 0 saturated carbocycles. The lowest BCUT2D eigenvalue weighted by Gasteiger charge is -2.34. The van der Waals surface area contributed by atoms with E-state index < -0.39 is 0 Å². The highest BCUT2D eigenvalue weighted by molar-refractivity contribution is 6.35. The summed E-state index contributed by atoms with van der Waals surface area (Å²) in [6.45, 7) is 1.53. The van der Waals surface area contributed by atoms with Crippen molar-refractivity contribution in [2.75, 3.05) is 32.0 Å². The predicted octanol–water partition coefficient (Wildman–Crippen LogP) is 2.51. The molecule has 1 atom stereocenters. The molecule has 2 heterocycles. The van der Waals surface area contributed by atoms with E-state index in [4.69, 9.17) is 28.6 Å². The molecule has 3 rings (SSSR count). The highest BCUT2D eigenvalue weighted by Crippen LogP contribution is 2.22. The molecule has 1 aromatic carbocycles. The van der Waals surface area contributed by atoms with E-state index in [1.165, 1.54) is 0 Å². The molecule has 2 aliphatic heterocycles. The van der Waals surface area contributed by atoms with Crippen LogP contribution < -0.4 is 21.3 Å². The van der Waals surface area contributed by atoms with Gasteiger partial charge in [-0.25, -0.2) is 0 Å². The molecule has 2 aliphatic rings. The summed E-state index contributed by atoms with van der Waals surface area (Å²) < 4.78 is 0. The minimum atomic E-state index is 0.0245. The zero-order valence-electron chi connectivity index (χ0n) is 15.6. The Labute approximate surface area is 174 Å². The summed E-state index contributed by atoms with van der Waals surface area (Å²) in [5.74, 6) is 1.17. The van der Waals surface area contributed by atoms with E-state index in [9.17, 15) is 4.79 Å². The van der Waals surface area contributed by atoms with E-state index in [0.717, 1.165) is 36.5 Å². The Bertz CT molecular complexity index is 802. The minimum Gasteiger partial charge on any atom is -0.376 e. The molecule has 1 aromatic rings. The van der Waals surface area contributed by atoms with Crippen LogP contribution in [0.15, 0.2) is 41.9 Å². The second-order valence-corrected chi connectivity index (χ2v) is 7.60. The van der Waals surface area contributed by atoms with Gasteiger partial charge in [-0.1, -0.05) is 23.2 Å². The molecule has 0 bridgehead atoms. The summed E-state index contributed by atoms with van der Waals surface area (Å²) in [5.41, 5.74) is 1.50. The molecule has 0 unspecified atom stereocenters. The van der Waals surface area contributed by atoms with Crippen molar-refractivity contribution >= 4 is 40.6 Å². The zero-order valence-corrected chi connectivity index (χ0v) is 17.1. The number of piperidine rings is 1.